The van der Waals surface area contributed by atoms with Gasteiger partial charge in [-0.25, -0.2) is 4.79 Å². The van der Waals surface area contributed by atoms with Crippen LogP contribution in [0.25, 0.3) is 11.1 Å². The van der Waals surface area contributed by atoms with Gasteiger partial charge in [-0.3, -0.25) is 4.79 Å². The second-order valence-electron chi connectivity index (χ2n) is 8.76. The van der Waals surface area contributed by atoms with Crippen molar-refractivity contribution in [3.05, 3.63) is 41.0 Å². The molecule has 1 fully saturated rings. The molecule has 1 aliphatic carbocycles. The number of nitrogens with one attached hydrogen (secondary N) is 1. The van der Waals surface area contributed by atoms with Crippen molar-refractivity contribution in [2.75, 3.05) is 25.3 Å². The van der Waals surface area contributed by atoms with Gasteiger partial charge in [-0.15, -0.1) is 21.5 Å². The van der Waals surface area contributed by atoms with Crippen LogP contribution in [0.2, 0.25) is 0 Å². The van der Waals surface area contributed by atoms with E-state index in [2.05, 4.69) is 27.0 Å². The minimum Gasteiger partial charge on any atom is -0.497 e. The van der Waals surface area contributed by atoms with Crippen LogP contribution in [0.3, 0.4) is 0 Å². The Hall–Kier alpha value is -2.85. The number of rotatable bonds is 10. The van der Waals surface area contributed by atoms with Crippen LogP contribution in [-0.4, -0.2) is 46.6 Å². The molecule has 1 amide bonds. The molecular weight excluding hydrogens is 496 g/mol. The number of carbonyl (C=O) groups excluding carboxylic acids is 2. The van der Waals surface area contributed by atoms with Crippen molar-refractivity contribution in [3.8, 4) is 16.9 Å². The van der Waals surface area contributed by atoms with Crippen LogP contribution in [0, 0.1) is 5.92 Å². The van der Waals surface area contributed by atoms with Gasteiger partial charge in [0, 0.05) is 23.9 Å². The fraction of sp³-hybridized carbons (Fsp3) is 0.462. The summed E-state index contributed by atoms with van der Waals surface area (Å²) in [6, 6.07) is 7.40. The zero-order valence-corrected chi connectivity index (χ0v) is 22.5. The Labute approximate surface area is 219 Å². The average Bonchev–Trinajstić information content (AvgIpc) is 3.51. The van der Waals surface area contributed by atoms with E-state index in [0.717, 1.165) is 35.3 Å². The van der Waals surface area contributed by atoms with Crippen LogP contribution in [0.1, 0.15) is 55.2 Å². The Bertz CT molecular complexity index is 1180. The molecule has 2 heterocycles. The van der Waals surface area contributed by atoms with Crippen molar-refractivity contribution >= 4 is 40.0 Å². The topological polar surface area (TPSA) is 95.3 Å². The highest BCUT2D eigenvalue weighted by Gasteiger charge is 2.23. The summed E-state index contributed by atoms with van der Waals surface area (Å²) in [6.45, 7) is 2.84. The average molecular weight is 529 g/mol. The smallest absolute Gasteiger partial charge is 0.341 e. The van der Waals surface area contributed by atoms with Gasteiger partial charge in [0.25, 0.3) is 0 Å². The molecule has 36 heavy (non-hydrogen) atoms. The molecule has 0 unspecified atom stereocenters. The number of anilines is 1. The number of benzene rings is 1. The molecule has 3 aromatic rings. The van der Waals surface area contributed by atoms with E-state index in [1.807, 2.05) is 29.6 Å². The summed E-state index contributed by atoms with van der Waals surface area (Å²) in [6.07, 6.45) is 7.37. The molecule has 10 heteroatoms. The van der Waals surface area contributed by atoms with Gasteiger partial charge >= 0.3 is 5.97 Å². The normalized spacial score (nSPS) is 14.0. The summed E-state index contributed by atoms with van der Waals surface area (Å²) < 4.78 is 12.3. The number of carbonyl (C=O) groups is 2. The van der Waals surface area contributed by atoms with Gasteiger partial charge in [0.2, 0.25) is 5.91 Å². The highest BCUT2D eigenvalue weighted by Crippen LogP contribution is 2.37. The third-order valence-corrected chi connectivity index (χ3v) is 8.33. The van der Waals surface area contributed by atoms with E-state index in [0.29, 0.717) is 22.0 Å². The Morgan fingerprint density at radius 1 is 1.14 bits per heavy atom. The lowest BCUT2D eigenvalue weighted by Gasteiger charge is -2.21. The predicted octanol–water partition coefficient (Wildman–Crippen LogP) is 5.68. The van der Waals surface area contributed by atoms with E-state index in [4.69, 9.17) is 9.47 Å². The maximum absolute atomic E-state index is 12.9. The monoisotopic (exact) mass is 528 g/mol. The minimum absolute atomic E-state index is 0.165. The van der Waals surface area contributed by atoms with Crippen molar-refractivity contribution < 1.29 is 19.1 Å². The van der Waals surface area contributed by atoms with E-state index in [-0.39, 0.29) is 11.7 Å². The molecule has 0 spiro atoms. The summed E-state index contributed by atoms with van der Waals surface area (Å²) in [4.78, 5) is 25.5. The fourth-order valence-corrected chi connectivity index (χ4v) is 6.37. The summed E-state index contributed by atoms with van der Waals surface area (Å²) in [7, 11) is 2.94. The van der Waals surface area contributed by atoms with Crippen molar-refractivity contribution in [2.45, 2.75) is 57.1 Å². The molecule has 0 saturated heterocycles. The molecule has 1 aromatic carbocycles. The van der Waals surface area contributed by atoms with Gasteiger partial charge in [-0.2, -0.15) is 0 Å². The predicted molar refractivity (Wildman–Crippen MR) is 143 cm³/mol. The van der Waals surface area contributed by atoms with Gasteiger partial charge in [0.1, 0.15) is 22.1 Å². The van der Waals surface area contributed by atoms with Crippen molar-refractivity contribution in [1.82, 2.24) is 14.8 Å². The Morgan fingerprint density at radius 3 is 2.56 bits per heavy atom. The summed E-state index contributed by atoms with van der Waals surface area (Å²) in [5.74, 6) is 1.85. The van der Waals surface area contributed by atoms with E-state index >= 15 is 0 Å². The molecule has 1 N–H and O–H groups in total. The summed E-state index contributed by atoms with van der Waals surface area (Å²) >= 11 is 2.66. The Morgan fingerprint density at radius 2 is 1.89 bits per heavy atom. The zero-order chi connectivity index (χ0) is 25.5. The highest BCUT2D eigenvalue weighted by atomic mass is 32.2. The first-order valence-electron chi connectivity index (χ1n) is 12.2. The van der Waals surface area contributed by atoms with Crippen LogP contribution in [0.5, 0.6) is 5.75 Å². The van der Waals surface area contributed by atoms with Crippen LogP contribution in [-0.2, 0) is 22.5 Å². The van der Waals surface area contributed by atoms with Gasteiger partial charge in [-0.1, -0.05) is 56.0 Å². The Kier molecular flexibility index (Phi) is 9.03. The van der Waals surface area contributed by atoms with Gasteiger partial charge < -0.3 is 19.4 Å². The number of ether oxygens (including phenoxy) is 2. The van der Waals surface area contributed by atoms with Gasteiger partial charge in [-0.05, 0) is 30.5 Å². The van der Waals surface area contributed by atoms with Crippen molar-refractivity contribution in [2.24, 2.45) is 5.92 Å². The second kappa shape index (κ2) is 12.4. The largest absolute Gasteiger partial charge is 0.497 e. The highest BCUT2D eigenvalue weighted by molar-refractivity contribution is 7.99. The van der Waals surface area contributed by atoms with E-state index < -0.39 is 5.97 Å². The Balaban J connectivity index is 1.43. The number of methoxy groups -OCH3 is 2. The lowest BCUT2D eigenvalue weighted by Crippen LogP contribution is -2.17. The molecule has 0 aliphatic heterocycles. The molecule has 2 aromatic heterocycles. The quantitative estimate of drug-likeness (QED) is 0.267. The number of thioether (sulfide) groups is 1. The standard InChI is InChI=1S/C26H32N4O4S2/c1-4-30-21(14-17-8-6-5-7-9-17)28-29-26(30)36-16-22(31)27-24-23(25(32)34-3)20(15-35-24)18-10-12-19(33-2)13-11-18/h10-13,15,17H,4-9,14,16H2,1-3H3,(H,27,31). The first-order chi connectivity index (χ1) is 17.5. The molecular formula is C26H32N4O4S2. The zero-order valence-electron chi connectivity index (χ0n) is 20.9. The number of thiophene rings is 1. The minimum atomic E-state index is -0.497. The van der Waals surface area contributed by atoms with E-state index in [1.54, 1.807) is 7.11 Å². The van der Waals surface area contributed by atoms with Crippen molar-refractivity contribution in [3.63, 3.8) is 0 Å². The first-order valence-corrected chi connectivity index (χ1v) is 14.1. The number of hydrogen-bond acceptors (Lipinski definition) is 8. The molecule has 0 atom stereocenters. The number of amides is 1. The van der Waals surface area contributed by atoms with Gasteiger partial charge in [0.05, 0.1) is 20.0 Å². The fourth-order valence-electron chi connectivity index (χ4n) is 4.57. The van der Waals surface area contributed by atoms with Gasteiger partial charge in [0.15, 0.2) is 5.16 Å². The molecule has 4 rings (SSSR count). The number of nitrogens with zero attached hydrogens (tertiary/aromatic N) is 3. The number of esters is 1. The molecule has 1 aliphatic rings. The van der Waals surface area contributed by atoms with Crippen LogP contribution in [0.15, 0.2) is 34.8 Å². The van der Waals surface area contributed by atoms with E-state index in [1.165, 1.54) is 62.3 Å². The van der Waals surface area contributed by atoms with Crippen molar-refractivity contribution in [1.29, 1.82) is 0 Å². The lowest BCUT2D eigenvalue weighted by molar-refractivity contribution is -0.113. The molecule has 1 saturated carbocycles. The summed E-state index contributed by atoms with van der Waals surface area (Å²) in [5, 5.41) is 14.8. The third-order valence-electron chi connectivity index (χ3n) is 6.47. The second-order valence-corrected chi connectivity index (χ2v) is 10.6. The molecule has 8 nitrogen and oxygen atoms in total. The third kappa shape index (κ3) is 6.10. The molecule has 0 bridgehead atoms. The molecule has 192 valence electrons. The number of hydrogen-bond donors (Lipinski definition) is 1. The molecule has 0 radical (unpaired) electrons. The first kappa shape index (κ1) is 26.2. The maximum Gasteiger partial charge on any atom is 0.341 e. The SMILES string of the molecule is CCn1c(CC2CCCCC2)nnc1SCC(=O)Nc1scc(-c2ccc(OC)cc2)c1C(=O)OC. The lowest BCUT2D eigenvalue weighted by atomic mass is 9.87. The van der Waals surface area contributed by atoms with Crippen LogP contribution >= 0.6 is 23.1 Å². The summed E-state index contributed by atoms with van der Waals surface area (Å²) in [5.41, 5.74) is 1.89. The maximum atomic E-state index is 12.9. The van der Waals surface area contributed by atoms with Crippen LogP contribution < -0.4 is 10.1 Å². The number of aromatic nitrogens is 3. The van der Waals surface area contributed by atoms with Crippen LogP contribution in [0.4, 0.5) is 5.00 Å². The van der Waals surface area contributed by atoms with E-state index in [9.17, 15) is 9.59 Å².